The molecule has 2 aliphatic rings. The van der Waals surface area contributed by atoms with E-state index in [0.717, 1.165) is 12.5 Å². The van der Waals surface area contributed by atoms with Gasteiger partial charge in [0.25, 0.3) is 0 Å². The highest BCUT2D eigenvalue weighted by molar-refractivity contribution is 7.12. The van der Waals surface area contributed by atoms with Crippen LogP contribution >= 0.6 is 11.3 Å². The van der Waals surface area contributed by atoms with E-state index in [1.807, 2.05) is 11.8 Å². The molecular weight excluding hydrogens is 244 g/mol. The molecule has 18 heavy (non-hydrogen) atoms. The van der Waals surface area contributed by atoms with Gasteiger partial charge in [-0.2, -0.15) is 0 Å². The molecule has 3 rings (SSSR count). The van der Waals surface area contributed by atoms with E-state index >= 15 is 0 Å². The number of hydrogen-bond donors (Lipinski definition) is 1. The summed E-state index contributed by atoms with van der Waals surface area (Å²) < 4.78 is 0. The van der Waals surface area contributed by atoms with Crippen LogP contribution in [-0.2, 0) is 4.79 Å². The topological polar surface area (TPSA) is 32.3 Å². The molecule has 3 nitrogen and oxygen atoms in total. The Morgan fingerprint density at radius 1 is 1.44 bits per heavy atom. The zero-order valence-corrected chi connectivity index (χ0v) is 11.8. The van der Waals surface area contributed by atoms with Crippen molar-refractivity contribution in [3.05, 3.63) is 21.9 Å². The number of nitrogens with one attached hydrogen (secondary N) is 1. The van der Waals surface area contributed by atoms with Crippen molar-refractivity contribution in [1.29, 1.82) is 0 Å². The van der Waals surface area contributed by atoms with Crippen molar-refractivity contribution in [2.45, 2.75) is 45.3 Å². The van der Waals surface area contributed by atoms with Gasteiger partial charge in [0, 0.05) is 16.3 Å². The standard InChI is InChI=1S/C14H20N2OS/c1-9-3-6-12(18-9)13-15-10(2)14(17)16(13)8-7-11-4-5-11/h3,6,10-11,13,15H,4-5,7-8H2,1-2H3. The molecule has 4 heteroatoms. The Bertz CT molecular complexity index is 452. The van der Waals surface area contributed by atoms with Crippen LogP contribution in [0.4, 0.5) is 0 Å². The first kappa shape index (κ1) is 12.2. The fraction of sp³-hybridized carbons (Fsp3) is 0.643. The fourth-order valence-corrected chi connectivity index (χ4v) is 3.53. The SMILES string of the molecule is Cc1ccc(C2NC(C)C(=O)N2CCC2CC2)s1. The van der Waals surface area contributed by atoms with Crippen LogP contribution in [0.15, 0.2) is 12.1 Å². The minimum Gasteiger partial charge on any atom is -0.321 e. The van der Waals surface area contributed by atoms with Crippen LogP contribution < -0.4 is 5.32 Å². The van der Waals surface area contributed by atoms with E-state index < -0.39 is 0 Å². The first-order chi connectivity index (χ1) is 8.65. The van der Waals surface area contributed by atoms with Crippen molar-refractivity contribution in [1.82, 2.24) is 10.2 Å². The molecule has 2 atom stereocenters. The second-order valence-electron chi connectivity index (χ2n) is 5.50. The van der Waals surface area contributed by atoms with Crippen LogP contribution in [-0.4, -0.2) is 23.4 Å². The van der Waals surface area contributed by atoms with Crippen LogP contribution in [0.5, 0.6) is 0 Å². The van der Waals surface area contributed by atoms with Crippen molar-refractivity contribution in [2.75, 3.05) is 6.54 Å². The monoisotopic (exact) mass is 264 g/mol. The van der Waals surface area contributed by atoms with Gasteiger partial charge in [0.15, 0.2) is 0 Å². The average molecular weight is 264 g/mol. The molecule has 1 amide bonds. The summed E-state index contributed by atoms with van der Waals surface area (Å²) in [6.45, 7) is 4.98. The van der Waals surface area contributed by atoms with Crippen molar-refractivity contribution < 1.29 is 4.79 Å². The third kappa shape index (κ3) is 2.31. The normalized spacial score (nSPS) is 28.1. The van der Waals surface area contributed by atoms with Gasteiger partial charge in [0.2, 0.25) is 5.91 Å². The largest absolute Gasteiger partial charge is 0.321 e. The Hall–Kier alpha value is -0.870. The Kier molecular flexibility index (Phi) is 3.16. The second kappa shape index (κ2) is 4.67. The number of nitrogens with zero attached hydrogens (tertiary/aromatic N) is 1. The van der Waals surface area contributed by atoms with E-state index in [0.29, 0.717) is 0 Å². The minimum absolute atomic E-state index is 0.0448. The maximum absolute atomic E-state index is 12.2. The van der Waals surface area contributed by atoms with Gasteiger partial charge < -0.3 is 4.90 Å². The van der Waals surface area contributed by atoms with E-state index in [-0.39, 0.29) is 18.1 Å². The maximum atomic E-state index is 12.2. The van der Waals surface area contributed by atoms with Gasteiger partial charge in [-0.3, -0.25) is 10.1 Å². The number of hydrogen-bond acceptors (Lipinski definition) is 3. The Balaban J connectivity index is 1.75. The highest BCUT2D eigenvalue weighted by Crippen LogP contribution is 2.35. The van der Waals surface area contributed by atoms with Crippen molar-refractivity contribution in [3.63, 3.8) is 0 Å². The highest BCUT2D eigenvalue weighted by Gasteiger charge is 2.38. The summed E-state index contributed by atoms with van der Waals surface area (Å²) in [4.78, 5) is 16.8. The molecule has 0 radical (unpaired) electrons. The van der Waals surface area contributed by atoms with E-state index in [1.54, 1.807) is 11.3 Å². The van der Waals surface area contributed by atoms with Crippen LogP contribution in [0.2, 0.25) is 0 Å². The van der Waals surface area contributed by atoms with Crippen LogP contribution in [0.25, 0.3) is 0 Å². The first-order valence-electron chi connectivity index (χ1n) is 6.78. The molecule has 1 N–H and O–H groups in total. The average Bonchev–Trinajstić information content (AvgIpc) is 3.01. The highest BCUT2D eigenvalue weighted by atomic mass is 32.1. The lowest BCUT2D eigenvalue weighted by Gasteiger charge is -2.23. The van der Waals surface area contributed by atoms with Crippen molar-refractivity contribution in [2.24, 2.45) is 5.92 Å². The summed E-state index contributed by atoms with van der Waals surface area (Å²) in [5.74, 6) is 1.13. The van der Waals surface area contributed by atoms with E-state index in [9.17, 15) is 4.79 Å². The van der Waals surface area contributed by atoms with Gasteiger partial charge in [0.05, 0.1) is 6.04 Å². The van der Waals surface area contributed by atoms with Gasteiger partial charge in [-0.15, -0.1) is 11.3 Å². The van der Waals surface area contributed by atoms with E-state index in [4.69, 9.17) is 0 Å². The number of aryl methyl sites for hydroxylation is 1. The molecule has 1 aromatic heterocycles. The third-order valence-electron chi connectivity index (χ3n) is 3.88. The number of thiophene rings is 1. The minimum atomic E-state index is -0.0448. The zero-order chi connectivity index (χ0) is 12.7. The maximum Gasteiger partial charge on any atom is 0.241 e. The fourth-order valence-electron chi connectivity index (χ4n) is 2.58. The van der Waals surface area contributed by atoms with Crippen molar-refractivity contribution in [3.8, 4) is 0 Å². The van der Waals surface area contributed by atoms with Gasteiger partial charge in [0.1, 0.15) is 6.17 Å². The van der Waals surface area contributed by atoms with Crippen LogP contribution in [0.3, 0.4) is 0 Å². The smallest absolute Gasteiger partial charge is 0.241 e. The number of carbonyl (C=O) groups is 1. The quantitative estimate of drug-likeness (QED) is 0.907. The number of carbonyl (C=O) groups excluding carboxylic acids is 1. The molecule has 0 spiro atoms. The molecule has 0 bridgehead atoms. The molecule has 1 saturated heterocycles. The summed E-state index contributed by atoms with van der Waals surface area (Å²) in [6.07, 6.45) is 3.98. The molecular formula is C14H20N2OS. The summed E-state index contributed by atoms with van der Waals surface area (Å²) >= 11 is 1.79. The molecule has 1 aliphatic carbocycles. The summed E-state index contributed by atoms with van der Waals surface area (Å²) in [5.41, 5.74) is 0. The molecule has 2 fully saturated rings. The molecule has 2 heterocycles. The molecule has 98 valence electrons. The van der Waals surface area contributed by atoms with E-state index in [2.05, 4.69) is 24.4 Å². The first-order valence-corrected chi connectivity index (χ1v) is 7.59. The second-order valence-corrected chi connectivity index (χ2v) is 6.82. The lowest BCUT2D eigenvalue weighted by Crippen LogP contribution is -2.31. The van der Waals surface area contributed by atoms with Gasteiger partial charge >= 0.3 is 0 Å². The Morgan fingerprint density at radius 3 is 2.83 bits per heavy atom. The van der Waals surface area contributed by atoms with Gasteiger partial charge in [-0.1, -0.05) is 12.8 Å². The number of rotatable bonds is 4. The predicted octanol–water partition coefficient (Wildman–Crippen LogP) is 2.68. The number of amides is 1. The molecule has 2 unspecified atom stereocenters. The Morgan fingerprint density at radius 2 is 2.22 bits per heavy atom. The lowest BCUT2D eigenvalue weighted by atomic mass is 10.2. The van der Waals surface area contributed by atoms with Crippen LogP contribution in [0.1, 0.15) is 42.1 Å². The molecule has 0 aromatic carbocycles. The predicted molar refractivity (Wildman–Crippen MR) is 73.4 cm³/mol. The van der Waals surface area contributed by atoms with E-state index in [1.165, 1.54) is 29.0 Å². The lowest BCUT2D eigenvalue weighted by molar-refractivity contribution is -0.129. The van der Waals surface area contributed by atoms with Crippen molar-refractivity contribution >= 4 is 17.2 Å². The molecule has 1 aromatic rings. The third-order valence-corrected chi connectivity index (χ3v) is 4.93. The van der Waals surface area contributed by atoms with Crippen LogP contribution in [0, 0.1) is 12.8 Å². The zero-order valence-electron chi connectivity index (χ0n) is 11.0. The van der Waals surface area contributed by atoms with Gasteiger partial charge in [-0.25, -0.2) is 0 Å². The Labute approximate surface area is 112 Å². The molecule has 1 saturated carbocycles. The summed E-state index contributed by atoms with van der Waals surface area (Å²) in [6, 6.07) is 4.23. The summed E-state index contributed by atoms with van der Waals surface area (Å²) in [5, 5.41) is 3.41. The van der Waals surface area contributed by atoms with Gasteiger partial charge in [-0.05, 0) is 38.3 Å². The summed E-state index contributed by atoms with van der Waals surface area (Å²) in [7, 11) is 0. The molecule has 1 aliphatic heterocycles.